The molecule has 7 heteroatoms. The molecule has 0 amide bonds. The lowest BCUT2D eigenvalue weighted by molar-refractivity contribution is -0.672. The summed E-state index contributed by atoms with van der Waals surface area (Å²) in [6.45, 7) is 0. The Labute approximate surface area is 130 Å². The number of nitrogens with zero attached hydrogens (tertiary/aromatic N) is 3. The molecule has 2 bridgehead atoms. The van der Waals surface area contributed by atoms with E-state index in [1.807, 2.05) is 0 Å². The maximum Gasteiger partial charge on any atom is 0.461 e. The molecule has 110 valence electrons. The van der Waals surface area contributed by atoms with Gasteiger partial charge in [0.2, 0.25) is 5.10 Å². The third-order valence-corrected chi connectivity index (χ3v) is 5.29. The Hall–Kier alpha value is -1.63. The average molecular weight is 351 g/mol. The van der Waals surface area contributed by atoms with E-state index >= 15 is 0 Å². The Kier molecular flexibility index (Phi) is 2.92. The molecule has 4 rings (SSSR count). The first-order valence-corrected chi connectivity index (χ1v) is 8.00. The summed E-state index contributed by atoms with van der Waals surface area (Å²) in [7, 11) is 0. The van der Waals surface area contributed by atoms with Crippen molar-refractivity contribution in [2.75, 3.05) is 5.32 Å². The van der Waals surface area contributed by atoms with Gasteiger partial charge in [-0.2, -0.15) is 0 Å². The summed E-state index contributed by atoms with van der Waals surface area (Å²) in [5.41, 5.74) is 0.590. The fourth-order valence-electron chi connectivity index (χ4n) is 3.79. The number of hydrogen-bond acceptors (Lipinski definition) is 4. The van der Waals surface area contributed by atoms with Crippen molar-refractivity contribution in [3.63, 3.8) is 0 Å². The third kappa shape index (κ3) is 2.10. The largest absolute Gasteiger partial charge is 0.739 e. The summed E-state index contributed by atoms with van der Waals surface area (Å²) in [5.74, 6) is 1.48. The molecule has 1 aromatic heterocycles. The molecule has 2 aromatic rings. The predicted molar refractivity (Wildman–Crippen MR) is 80.2 cm³/mol. The molecule has 2 aliphatic carbocycles. The van der Waals surface area contributed by atoms with Crippen molar-refractivity contribution in [1.82, 2.24) is 5.10 Å². The van der Waals surface area contributed by atoms with Gasteiger partial charge < -0.3 is 10.4 Å². The lowest BCUT2D eigenvalue weighted by Gasteiger charge is -2.20. The number of rotatable bonds is 2. The summed E-state index contributed by atoms with van der Waals surface area (Å²) >= 11 is 3.30. The number of anilines is 1. The van der Waals surface area contributed by atoms with Crippen molar-refractivity contribution in [2.24, 2.45) is 11.8 Å². The molecular weight excluding hydrogens is 336 g/mol. The number of halogens is 1. The van der Waals surface area contributed by atoms with Crippen molar-refractivity contribution < 1.29 is 9.58 Å². The quantitative estimate of drug-likeness (QED) is 0.662. The summed E-state index contributed by atoms with van der Waals surface area (Å²) < 4.78 is 1.47. The second kappa shape index (κ2) is 4.69. The Bertz CT molecular complexity index is 724. The minimum Gasteiger partial charge on any atom is -0.739 e. The molecule has 0 aliphatic heterocycles. The monoisotopic (exact) mass is 350 g/mol. The van der Waals surface area contributed by atoms with E-state index < -0.39 is 0 Å². The van der Waals surface area contributed by atoms with E-state index in [1.165, 1.54) is 19.3 Å². The highest BCUT2D eigenvalue weighted by atomic mass is 79.9. The first-order chi connectivity index (χ1) is 10.1. The van der Waals surface area contributed by atoms with Crippen LogP contribution < -0.4 is 14.9 Å². The van der Waals surface area contributed by atoms with Crippen molar-refractivity contribution in [3.8, 4) is 0 Å². The van der Waals surface area contributed by atoms with Gasteiger partial charge in [0.15, 0.2) is 5.52 Å². The van der Waals surface area contributed by atoms with Crippen LogP contribution in [-0.4, -0.2) is 11.1 Å². The zero-order valence-electron chi connectivity index (χ0n) is 11.3. The van der Waals surface area contributed by atoms with Crippen molar-refractivity contribution in [2.45, 2.75) is 31.7 Å². The molecule has 1 N–H and O–H groups in total. The maximum absolute atomic E-state index is 12.4. The van der Waals surface area contributed by atoms with E-state index in [-0.39, 0.29) is 17.5 Å². The van der Waals surface area contributed by atoms with Crippen LogP contribution in [0.1, 0.15) is 25.7 Å². The van der Waals surface area contributed by atoms with Gasteiger partial charge in [0.25, 0.3) is 0 Å². The molecule has 0 spiro atoms. The number of benzene rings is 1. The lowest BCUT2D eigenvalue weighted by Crippen LogP contribution is -2.46. The van der Waals surface area contributed by atoms with Crippen molar-refractivity contribution in [3.05, 3.63) is 33.1 Å². The highest BCUT2D eigenvalue weighted by molar-refractivity contribution is 9.10. The minimum absolute atomic E-state index is 0.109. The van der Waals surface area contributed by atoms with Gasteiger partial charge in [-0.05, 0) is 49.7 Å². The van der Waals surface area contributed by atoms with Crippen LogP contribution in [0.4, 0.5) is 5.95 Å². The van der Waals surface area contributed by atoms with Crippen LogP contribution in [0.15, 0.2) is 22.7 Å². The number of nitrogens with one attached hydrogen (secondary N) is 1. The smallest absolute Gasteiger partial charge is 0.461 e. The zero-order chi connectivity index (χ0) is 14.6. The highest BCUT2D eigenvalue weighted by Crippen LogP contribution is 2.45. The predicted octanol–water partition coefficient (Wildman–Crippen LogP) is 1.86. The van der Waals surface area contributed by atoms with Gasteiger partial charge in [-0.3, -0.25) is 5.32 Å². The molecule has 0 radical (unpaired) electrons. The number of hydrogen-bond donors (Lipinski definition) is 1. The number of aromatic nitrogens is 3. The summed E-state index contributed by atoms with van der Waals surface area (Å²) in [6, 6.07) is 5.25. The Morgan fingerprint density at radius 3 is 2.76 bits per heavy atom. The van der Waals surface area contributed by atoms with Crippen LogP contribution in [0.25, 0.3) is 11.0 Å². The van der Waals surface area contributed by atoms with Crippen LogP contribution in [0.3, 0.4) is 0 Å². The Morgan fingerprint density at radius 2 is 2.05 bits per heavy atom. The topological polar surface area (TPSA) is 78.8 Å². The zero-order valence-corrected chi connectivity index (χ0v) is 12.9. The minimum atomic E-state index is 0.109. The van der Waals surface area contributed by atoms with Crippen LogP contribution >= 0.6 is 15.9 Å². The molecule has 1 aromatic carbocycles. The van der Waals surface area contributed by atoms with E-state index in [2.05, 4.69) is 26.3 Å². The average Bonchev–Trinajstić information content (AvgIpc) is 3.07. The van der Waals surface area contributed by atoms with E-state index in [0.717, 1.165) is 21.5 Å². The first-order valence-electron chi connectivity index (χ1n) is 7.21. The van der Waals surface area contributed by atoms with Gasteiger partial charge >= 0.3 is 11.5 Å². The van der Waals surface area contributed by atoms with Crippen molar-refractivity contribution >= 4 is 32.9 Å². The highest BCUT2D eigenvalue weighted by Gasteiger charge is 2.42. The second-order valence-electron chi connectivity index (χ2n) is 6.05. The molecule has 0 unspecified atom stereocenters. The fourth-order valence-corrected chi connectivity index (χ4v) is 4.14. The van der Waals surface area contributed by atoms with E-state index in [0.29, 0.717) is 16.3 Å². The molecule has 3 atom stereocenters. The van der Waals surface area contributed by atoms with Gasteiger partial charge in [0.05, 0.1) is 6.04 Å². The van der Waals surface area contributed by atoms with E-state index in [9.17, 15) is 10.4 Å². The Morgan fingerprint density at radius 1 is 1.19 bits per heavy atom. The van der Waals surface area contributed by atoms with Gasteiger partial charge in [-0.1, -0.05) is 15.9 Å². The molecule has 1 heterocycles. The van der Waals surface area contributed by atoms with Crippen LogP contribution in [-0.2, 0) is 0 Å². The standard InChI is InChI=1S/C14H15BrN4O2/c15-10-3-4-12-13(7-10)19(21)17-14(18(12)20)16-11-6-8-1-2-9(11)5-8/h3-4,7-9,11H,1-2,5-6H2,(H,16,17)/t8-,9+,11+/m0/s1. The molecule has 2 aliphatic rings. The SMILES string of the molecule is [O-][n+]1nc(N[C@@H]2C[C@H]3CC[C@@H]2C3)[n+]([O-])c2ccc(Br)cc21. The normalized spacial score (nSPS) is 27.4. The molecule has 21 heavy (non-hydrogen) atoms. The van der Waals surface area contributed by atoms with Gasteiger partial charge in [0.1, 0.15) is 0 Å². The van der Waals surface area contributed by atoms with Crippen LogP contribution in [0.5, 0.6) is 0 Å². The first kappa shape index (κ1) is 13.1. The maximum atomic E-state index is 12.4. The summed E-state index contributed by atoms with van der Waals surface area (Å²) in [6.07, 6.45) is 4.80. The molecule has 2 fully saturated rings. The third-order valence-electron chi connectivity index (χ3n) is 4.79. The van der Waals surface area contributed by atoms with Gasteiger partial charge in [0, 0.05) is 15.4 Å². The van der Waals surface area contributed by atoms with Crippen LogP contribution in [0.2, 0.25) is 0 Å². The van der Waals surface area contributed by atoms with Crippen LogP contribution in [0, 0.1) is 22.3 Å². The molecule has 2 saturated carbocycles. The fraction of sp³-hybridized carbons (Fsp3) is 0.500. The molecule has 0 saturated heterocycles. The summed E-state index contributed by atoms with van der Waals surface area (Å²) in [4.78, 5) is 0.518. The molecular formula is C14H15BrN4O2. The lowest BCUT2D eigenvalue weighted by atomic mass is 9.95. The molecule has 6 nitrogen and oxygen atoms in total. The van der Waals surface area contributed by atoms with Crippen molar-refractivity contribution in [1.29, 1.82) is 0 Å². The number of fused-ring (bicyclic) bond motifs is 3. The Balaban J connectivity index is 1.72. The van der Waals surface area contributed by atoms with Gasteiger partial charge in [-0.15, -0.1) is 0 Å². The summed E-state index contributed by atoms with van der Waals surface area (Å²) in [5, 5.41) is 31.5. The second-order valence-corrected chi connectivity index (χ2v) is 6.97. The van der Waals surface area contributed by atoms with Gasteiger partial charge in [-0.25, -0.2) is 4.73 Å². The van der Waals surface area contributed by atoms with E-state index in [1.54, 1.807) is 18.2 Å². The van der Waals surface area contributed by atoms with E-state index in [4.69, 9.17) is 0 Å².